The number of hydrazone groups is 1. The highest BCUT2D eigenvalue weighted by Crippen LogP contribution is 2.26. The van der Waals surface area contributed by atoms with Crippen LogP contribution < -0.4 is 24.4 Å². The molecule has 0 saturated carbocycles. The number of amides is 1. The van der Waals surface area contributed by atoms with Crippen LogP contribution in [0.25, 0.3) is 0 Å². The lowest BCUT2D eigenvalue weighted by atomic mass is 10.2. The van der Waals surface area contributed by atoms with Crippen LogP contribution >= 0.6 is 0 Å². The Balaban J connectivity index is 1.93. The van der Waals surface area contributed by atoms with Crippen LogP contribution in [0.15, 0.2) is 47.6 Å². The Morgan fingerprint density at radius 2 is 1.73 bits per heavy atom. The molecule has 1 amide bonds. The zero-order valence-corrected chi connectivity index (χ0v) is 15.2. The van der Waals surface area contributed by atoms with Crippen LogP contribution in [0.2, 0.25) is 0 Å². The Hall–Kier alpha value is -3.22. The molecule has 2 rings (SSSR count). The van der Waals surface area contributed by atoms with Gasteiger partial charge in [0.15, 0.2) is 17.6 Å². The van der Waals surface area contributed by atoms with Gasteiger partial charge in [-0.15, -0.1) is 0 Å². The minimum atomic E-state index is -0.718. The van der Waals surface area contributed by atoms with E-state index in [2.05, 4.69) is 10.5 Å². The molecular formula is C19H22N2O5. The maximum absolute atomic E-state index is 12.1. The zero-order chi connectivity index (χ0) is 18.9. The average Bonchev–Trinajstić information content (AvgIpc) is 2.67. The second kappa shape index (κ2) is 9.31. The SMILES string of the molecule is COc1cccc(OC(C)C(=O)N/N=C/c2ccc(OC)c(OC)c2)c1. The smallest absolute Gasteiger partial charge is 0.280 e. The molecule has 0 aliphatic heterocycles. The van der Waals surface area contributed by atoms with Crippen molar-refractivity contribution < 1.29 is 23.7 Å². The number of nitrogens with zero attached hydrogens (tertiary/aromatic N) is 1. The van der Waals surface area contributed by atoms with Crippen molar-refractivity contribution >= 4 is 12.1 Å². The number of methoxy groups -OCH3 is 3. The van der Waals surface area contributed by atoms with Crippen molar-refractivity contribution in [3.05, 3.63) is 48.0 Å². The van der Waals surface area contributed by atoms with Gasteiger partial charge in [0.25, 0.3) is 5.91 Å². The molecule has 0 saturated heterocycles. The van der Waals surface area contributed by atoms with Gasteiger partial charge < -0.3 is 18.9 Å². The van der Waals surface area contributed by atoms with Crippen LogP contribution in [0.5, 0.6) is 23.0 Å². The van der Waals surface area contributed by atoms with Crippen LogP contribution in [0, 0.1) is 0 Å². The van der Waals surface area contributed by atoms with Gasteiger partial charge in [-0.1, -0.05) is 6.07 Å². The van der Waals surface area contributed by atoms with Crippen molar-refractivity contribution in [2.75, 3.05) is 21.3 Å². The number of nitrogens with one attached hydrogen (secondary N) is 1. The van der Waals surface area contributed by atoms with Gasteiger partial charge in [0, 0.05) is 6.07 Å². The summed E-state index contributed by atoms with van der Waals surface area (Å²) in [4.78, 5) is 12.1. The summed E-state index contributed by atoms with van der Waals surface area (Å²) in [6, 6.07) is 12.4. The van der Waals surface area contributed by atoms with E-state index in [0.717, 1.165) is 5.56 Å². The standard InChI is InChI=1S/C19H22N2O5/c1-13(26-16-7-5-6-15(11-16)23-2)19(22)21-20-12-14-8-9-17(24-3)18(10-14)25-4/h5-13H,1-4H3,(H,21,22)/b20-12+. The number of benzene rings is 2. The first-order chi connectivity index (χ1) is 12.6. The molecule has 26 heavy (non-hydrogen) atoms. The topological polar surface area (TPSA) is 78.4 Å². The Kier molecular flexibility index (Phi) is 6.84. The highest BCUT2D eigenvalue weighted by Gasteiger charge is 2.14. The van der Waals surface area contributed by atoms with Gasteiger partial charge in [0.1, 0.15) is 11.5 Å². The van der Waals surface area contributed by atoms with E-state index in [1.807, 2.05) is 0 Å². The Labute approximate surface area is 152 Å². The Bertz CT molecular complexity index is 776. The van der Waals surface area contributed by atoms with E-state index in [4.69, 9.17) is 18.9 Å². The van der Waals surface area contributed by atoms with Crippen molar-refractivity contribution in [1.29, 1.82) is 0 Å². The molecule has 0 fully saturated rings. The molecule has 7 nitrogen and oxygen atoms in total. The first-order valence-electron chi connectivity index (χ1n) is 7.93. The lowest BCUT2D eigenvalue weighted by molar-refractivity contribution is -0.127. The monoisotopic (exact) mass is 358 g/mol. The number of carbonyl (C=O) groups excluding carboxylic acids is 1. The minimum absolute atomic E-state index is 0.371. The van der Waals surface area contributed by atoms with E-state index < -0.39 is 6.10 Å². The molecule has 2 aromatic rings. The molecule has 1 N–H and O–H groups in total. The highest BCUT2D eigenvalue weighted by molar-refractivity contribution is 5.84. The average molecular weight is 358 g/mol. The van der Waals surface area contributed by atoms with Gasteiger partial charge in [0.05, 0.1) is 27.5 Å². The van der Waals surface area contributed by atoms with Crippen LogP contribution in [-0.4, -0.2) is 39.6 Å². The fourth-order valence-corrected chi connectivity index (χ4v) is 2.13. The third-order valence-corrected chi connectivity index (χ3v) is 3.52. The molecular weight excluding hydrogens is 336 g/mol. The van der Waals surface area contributed by atoms with Crippen LogP contribution in [0.4, 0.5) is 0 Å². The van der Waals surface area contributed by atoms with E-state index in [0.29, 0.717) is 23.0 Å². The summed E-state index contributed by atoms with van der Waals surface area (Å²) in [5, 5.41) is 3.94. The van der Waals surface area contributed by atoms with Crippen LogP contribution in [0.3, 0.4) is 0 Å². The van der Waals surface area contributed by atoms with Gasteiger partial charge in [-0.05, 0) is 42.8 Å². The number of ether oxygens (including phenoxy) is 4. The second-order valence-corrected chi connectivity index (χ2v) is 5.29. The number of carbonyl (C=O) groups is 1. The fraction of sp³-hybridized carbons (Fsp3) is 0.263. The molecule has 0 spiro atoms. The summed E-state index contributed by atoms with van der Waals surface area (Å²) < 4.78 is 21.1. The summed E-state index contributed by atoms with van der Waals surface area (Å²) in [7, 11) is 4.69. The quantitative estimate of drug-likeness (QED) is 0.580. The third-order valence-electron chi connectivity index (χ3n) is 3.52. The lowest BCUT2D eigenvalue weighted by Gasteiger charge is -2.13. The second-order valence-electron chi connectivity index (χ2n) is 5.29. The first kappa shape index (κ1) is 19.1. The van der Waals surface area contributed by atoms with Gasteiger partial charge >= 0.3 is 0 Å². The lowest BCUT2D eigenvalue weighted by Crippen LogP contribution is -2.33. The summed E-state index contributed by atoms with van der Waals surface area (Å²) in [6.07, 6.45) is 0.794. The fourth-order valence-electron chi connectivity index (χ4n) is 2.13. The number of rotatable bonds is 8. The highest BCUT2D eigenvalue weighted by atomic mass is 16.5. The molecule has 7 heteroatoms. The van der Waals surface area contributed by atoms with E-state index >= 15 is 0 Å². The van der Waals surface area contributed by atoms with Crippen molar-refractivity contribution in [2.45, 2.75) is 13.0 Å². The molecule has 0 aliphatic carbocycles. The van der Waals surface area contributed by atoms with E-state index in [9.17, 15) is 4.79 Å². The minimum Gasteiger partial charge on any atom is -0.497 e. The number of hydrogen-bond donors (Lipinski definition) is 1. The molecule has 1 unspecified atom stereocenters. The molecule has 0 aliphatic rings. The molecule has 0 heterocycles. The normalized spacial score (nSPS) is 11.7. The van der Waals surface area contributed by atoms with Gasteiger partial charge in [-0.3, -0.25) is 4.79 Å². The molecule has 0 radical (unpaired) electrons. The van der Waals surface area contributed by atoms with Crippen molar-refractivity contribution in [1.82, 2.24) is 5.43 Å². The van der Waals surface area contributed by atoms with E-state index in [1.54, 1.807) is 70.7 Å². The van der Waals surface area contributed by atoms with E-state index in [-0.39, 0.29) is 5.91 Å². The Morgan fingerprint density at radius 3 is 2.42 bits per heavy atom. The van der Waals surface area contributed by atoms with Gasteiger partial charge in [-0.2, -0.15) is 5.10 Å². The van der Waals surface area contributed by atoms with Crippen molar-refractivity contribution in [2.24, 2.45) is 5.10 Å². The van der Waals surface area contributed by atoms with Crippen molar-refractivity contribution in [3.8, 4) is 23.0 Å². The molecule has 0 aromatic heterocycles. The molecule has 0 bridgehead atoms. The van der Waals surface area contributed by atoms with Crippen LogP contribution in [0.1, 0.15) is 12.5 Å². The Morgan fingerprint density at radius 1 is 1.00 bits per heavy atom. The zero-order valence-electron chi connectivity index (χ0n) is 15.2. The summed E-state index contributed by atoms with van der Waals surface area (Å²) >= 11 is 0. The predicted octanol–water partition coefficient (Wildman–Crippen LogP) is 2.63. The third kappa shape index (κ3) is 5.14. The van der Waals surface area contributed by atoms with Gasteiger partial charge in [-0.25, -0.2) is 5.43 Å². The summed E-state index contributed by atoms with van der Waals surface area (Å²) in [6.45, 7) is 1.64. The maximum Gasteiger partial charge on any atom is 0.280 e. The maximum atomic E-state index is 12.1. The summed E-state index contributed by atoms with van der Waals surface area (Å²) in [5.74, 6) is 2.02. The van der Waals surface area contributed by atoms with E-state index in [1.165, 1.54) is 6.21 Å². The predicted molar refractivity (Wildman–Crippen MR) is 98.4 cm³/mol. The summed E-state index contributed by atoms with van der Waals surface area (Å²) in [5.41, 5.74) is 3.20. The molecule has 1 atom stereocenters. The van der Waals surface area contributed by atoms with Crippen LogP contribution in [-0.2, 0) is 4.79 Å². The van der Waals surface area contributed by atoms with Crippen molar-refractivity contribution in [3.63, 3.8) is 0 Å². The largest absolute Gasteiger partial charge is 0.497 e. The first-order valence-corrected chi connectivity index (χ1v) is 7.93. The van der Waals surface area contributed by atoms with Gasteiger partial charge in [0.2, 0.25) is 0 Å². The molecule has 2 aromatic carbocycles. The number of hydrogen-bond acceptors (Lipinski definition) is 6. The molecule has 138 valence electrons.